The Morgan fingerprint density at radius 2 is 1.74 bits per heavy atom. The van der Waals surface area contributed by atoms with E-state index in [1.165, 1.54) is 58.3 Å². The Kier molecular flexibility index (Phi) is 7.14. The van der Waals surface area contributed by atoms with Crippen LogP contribution in [0.15, 0.2) is 0 Å². The quantitative estimate of drug-likeness (QED) is 0.743. The fourth-order valence-electron chi connectivity index (χ4n) is 3.86. The predicted molar refractivity (Wildman–Crippen MR) is 90.9 cm³/mol. The highest BCUT2D eigenvalue weighted by Crippen LogP contribution is 2.18. The van der Waals surface area contributed by atoms with Crippen molar-refractivity contribution in [2.45, 2.75) is 57.3 Å². The average Bonchev–Trinajstić information content (AvgIpc) is 2.60. The van der Waals surface area contributed by atoms with E-state index >= 15 is 0 Å². The van der Waals surface area contributed by atoms with E-state index in [9.17, 15) is 0 Å². The summed E-state index contributed by atoms with van der Waals surface area (Å²) < 4.78 is 17.5. The van der Waals surface area contributed by atoms with Crippen molar-refractivity contribution < 1.29 is 14.2 Å². The van der Waals surface area contributed by atoms with Gasteiger partial charge >= 0.3 is 0 Å². The fraction of sp³-hybridized carbons (Fsp3) is 1.00. The molecule has 3 fully saturated rings. The number of piperidine rings is 1. The first-order valence-electron chi connectivity index (χ1n) is 9.59. The lowest BCUT2D eigenvalue weighted by atomic mass is 10.1. The van der Waals surface area contributed by atoms with Crippen molar-refractivity contribution in [3.63, 3.8) is 0 Å². The lowest BCUT2D eigenvalue weighted by Gasteiger charge is -2.36. The molecule has 134 valence electrons. The van der Waals surface area contributed by atoms with Crippen LogP contribution in [-0.2, 0) is 14.2 Å². The maximum Gasteiger partial charge on any atom is 0.0808 e. The summed E-state index contributed by atoms with van der Waals surface area (Å²) in [6, 6.07) is 0. The van der Waals surface area contributed by atoms with Gasteiger partial charge in [-0.25, -0.2) is 0 Å². The van der Waals surface area contributed by atoms with Gasteiger partial charge in [-0.1, -0.05) is 0 Å². The number of rotatable bonds is 6. The van der Waals surface area contributed by atoms with E-state index in [4.69, 9.17) is 14.2 Å². The zero-order valence-electron chi connectivity index (χ0n) is 14.8. The smallest absolute Gasteiger partial charge is 0.0808 e. The van der Waals surface area contributed by atoms with Crippen LogP contribution in [0.25, 0.3) is 0 Å². The number of likely N-dealkylation sites (tertiary alicyclic amines) is 1. The molecular weight excluding hydrogens is 292 g/mol. The van der Waals surface area contributed by atoms with Gasteiger partial charge in [0.05, 0.1) is 31.5 Å². The third-order valence-corrected chi connectivity index (χ3v) is 5.38. The zero-order valence-corrected chi connectivity index (χ0v) is 14.8. The van der Waals surface area contributed by atoms with Crippen LogP contribution in [0, 0.1) is 0 Å². The van der Waals surface area contributed by atoms with E-state index in [1.807, 2.05) is 0 Å². The summed E-state index contributed by atoms with van der Waals surface area (Å²) >= 11 is 0. The molecule has 3 aliphatic heterocycles. The minimum Gasteiger partial charge on any atom is -0.376 e. The topological polar surface area (TPSA) is 34.2 Å². The number of hydrogen-bond acceptors (Lipinski definition) is 5. The Morgan fingerprint density at radius 3 is 2.48 bits per heavy atom. The SMILES string of the molecule is C[C@@H]1CN(CCN2CCC(OC[C@H]3CCCCO3)CC2)CCO1. The van der Waals surface area contributed by atoms with Gasteiger partial charge in [-0.05, 0) is 39.0 Å². The van der Waals surface area contributed by atoms with E-state index in [2.05, 4.69) is 16.7 Å². The molecule has 0 saturated carbocycles. The standard InChI is InChI=1S/C18H34N2O3/c1-16-14-20(11-13-21-16)10-9-19-7-5-17(6-8-19)23-15-18-4-2-3-12-22-18/h16-18H,2-15H2,1H3/t16-,18-/m1/s1. The van der Waals surface area contributed by atoms with Crippen molar-refractivity contribution in [2.24, 2.45) is 0 Å². The molecular formula is C18H34N2O3. The minimum absolute atomic E-state index is 0.352. The lowest BCUT2D eigenvalue weighted by molar-refractivity contribution is -0.0757. The number of nitrogens with zero attached hydrogens (tertiary/aromatic N) is 2. The van der Waals surface area contributed by atoms with Crippen LogP contribution < -0.4 is 0 Å². The molecule has 0 aliphatic carbocycles. The van der Waals surface area contributed by atoms with Gasteiger partial charge in [-0.15, -0.1) is 0 Å². The van der Waals surface area contributed by atoms with Gasteiger partial charge in [0.15, 0.2) is 0 Å². The Labute approximate surface area is 141 Å². The molecule has 2 atom stereocenters. The van der Waals surface area contributed by atoms with Gasteiger partial charge in [0.2, 0.25) is 0 Å². The summed E-state index contributed by atoms with van der Waals surface area (Å²) in [5, 5.41) is 0. The summed E-state index contributed by atoms with van der Waals surface area (Å²) in [4.78, 5) is 5.13. The van der Waals surface area contributed by atoms with Gasteiger partial charge in [-0.3, -0.25) is 4.90 Å². The Bertz CT molecular complexity index is 328. The zero-order chi connectivity index (χ0) is 15.9. The normalized spacial score (nSPS) is 32.2. The highest BCUT2D eigenvalue weighted by molar-refractivity contribution is 4.76. The van der Waals surface area contributed by atoms with Crippen molar-refractivity contribution in [3.05, 3.63) is 0 Å². The maximum atomic E-state index is 6.10. The minimum atomic E-state index is 0.352. The van der Waals surface area contributed by atoms with Gasteiger partial charge in [0.1, 0.15) is 0 Å². The first-order chi connectivity index (χ1) is 11.3. The van der Waals surface area contributed by atoms with Crippen molar-refractivity contribution in [1.82, 2.24) is 9.80 Å². The first kappa shape index (κ1) is 17.6. The Hall–Kier alpha value is -0.200. The molecule has 3 saturated heterocycles. The van der Waals surface area contributed by atoms with E-state index in [1.54, 1.807) is 0 Å². The molecule has 0 spiro atoms. The number of hydrogen-bond donors (Lipinski definition) is 0. The molecule has 0 radical (unpaired) electrons. The van der Waals surface area contributed by atoms with Gasteiger partial charge in [0, 0.05) is 45.9 Å². The van der Waals surface area contributed by atoms with Crippen LogP contribution in [0.2, 0.25) is 0 Å². The number of ether oxygens (including phenoxy) is 3. The van der Waals surface area contributed by atoms with Crippen LogP contribution in [0.5, 0.6) is 0 Å². The van der Waals surface area contributed by atoms with Crippen LogP contribution >= 0.6 is 0 Å². The molecule has 0 N–H and O–H groups in total. The molecule has 5 heteroatoms. The van der Waals surface area contributed by atoms with Gasteiger partial charge < -0.3 is 19.1 Å². The molecule has 0 aromatic heterocycles. The summed E-state index contributed by atoms with van der Waals surface area (Å²) in [5.41, 5.74) is 0. The average molecular weight is 326 g/mol. The highest BCUT2D eigenvalue weighted by Gasteiger charge is 2.23. The summed E-state index contributed by atoms with van der Waals surface area (Å²) in [6.07, 6.45) is 7.23. The maximum absolute atomic E-state index is 6.10. The van der Waals surface area contributed by atoms with Crippen molar-refractivity contribution >= 4 is 0 Å². The highest BCUT2D eigenvalue weighted by atomic mass is 16.5. The molecule has 23 heavy (non-hydrogen) atoms. The summed E-state index contributed by atoms with van der Waals surface area (Å²) in [7, 11) is 0. The third kappa shape index (κ3) is 5.98. The van der Waals surface area contributed by atoms with E-state index in [-0.39, 0.29) is 0 Å². The second-order valence-corrected chi connectivity index (χ2v) is 7.34. The van der Waals surface area contributed by atoms with E-state index < -0.39 is 0 Å². The van der Waals surface area contributed by atoms with Crippen LogP contribution in [0.3, 0.4) is 0 Å². The molecule has 0 amide bonds. The van der Waals surface area contributed by atoms with Crippen molar-refractivity contribution in [2.75, 3.05) is 59.1 Å². The lowest BCUT2D eigenvalue weighted by Crippen LogP contribution is -2.46. The molecule has 3 heterocycles. The molecule has 0 bridgehead atoms. The monoisotopic (exact) mass is 326 g/mol. The van der Waals surface area contributed by atoms with E-state index in [0.29, 0.717) is 18.3 Å². The van der Waals surface area contributed by atoms with Crippen LogP contribution in [0.4, 0.5) is 0 Å². The van der Waals surface area contributed by atoms with Crippen LogP contribution in [-0.4, -0.2) is 87.2 Å². The molecule has 3 rings (SSSR count). The summed E-state index contributed by atoms with van der Waals surface area (Å²) in [6.45, 7) is 11.7. The molecule has 5 nitrogen and oxygen atoms in total. The second kappa shape index (κ2) is 9.33. The molecule has 0 aromatic rings. The fourth-order valence-corrected chi connectivity index (χ4v) is 3.86. The van der Waals surface area contributed by atoms with Gasteiger partial charge in [0.25, 0.3) is 0 Å². The van der Waals surface area contributed by atoms with Crippen molar-refractivity contribution in [1.29, 1.82) is 0 Å². The Morgan fingerprint density at radius 1 is 0.913 bits per heavy atom. The molecule has 0 aromatic carbocycles. The third-order valence-electron chi connectivity index (χ3n) is 5.38. The van der Waals surface area contributed by atoms with Crippen LogP contribution in [0.1, 0.15) is 39.0 Å². The largest absolute Gasteiger partial charge is 0.376 e. The Balaban J connectivity index is 1.26. The number of morpholine rings is 1. The molecule has 0 unspecified atom stereocenters. The summed E-state index contributed by atoms with van der Waals surface area (Å²) in [5.74, 6) is 0. The first-order valence-corrected chi connectivity index (χ1v) is 9.59. The predicted octanol–water partition coefficient (Wildman–Crippen LogP) is 1.76. The van der Waals surface area contributed by atoms with Gasteiger partial charge in [-0.2, -0.15) is 0 Å². The van der Waals surface area contributed by atoms with Crippen molar-refractivity contribution in [3.8, 4) is 0 Å². The molecule has 3 aliphatic rings. The van der Waals surface area contributed by atoms with E-state index in [0.717, 1.165) is 32.9 Å². The second-order valence-electron chi connectivity index (χ2n) is 7.34.